The molecule has 2 aromatic rings. The first-order chi connectivity index (χ1) is 13.6. The quantitative estimate of drug-likeness (QED) is 0.697. The van der Waals surface area contributed by atoms with Gasteiger partial charge in [0.05, 0.1) is 0 Å². The molecule has 0 radical (unpaired) electrons. The number of hydrogen-bond donors (Lipinski definition) is 2. The summed E-state index contributed by atoms with van der Waals surface area (Å²) in [5.74, 6) is 1.56. The highest BCUT2D eigenvalue weighted by Crippen LogP contribution is 2.35. The van der Waals surface area contributed by atoms with E-state index in [2.05, 4.69) is 41.8 Å². The summed E-state index contributed by atoms with van der Waals surface area (Å²) in [7, 11) is 0. The smallest absolute Gasteiger partial charge is 0.171 e. The molecule has 0 saturated heterocycles. The first-order valence-electron chi connectivity index (χ1n) is 10.2. The summed E-state index contributed by atoms with van der Waals surface area (Å²) in [6.45, 7) is 3.34. The fourth-order valence-corrected chi connectivity index (χ4v) is 4.60. The second kappa shape index (κ2) is 8.39. The van der Waals surface area contributed by atoms with Crippen LogP contribution in [-0.2, 0) is 6.42 Å². The summed E-state index contributed by atoms with van der Waals surface area (Å²) < 4.78 is 11.3. The Hall–Kier alpha value is -2.27. The highest BCUT2D eigenvalue weighted by Gasteiger charge is 2.34. The molecule has 1 saturated carbocycles. The normalized spacial score (nSPS) is 17.2. The lowest BCUT2D eigenvalue weighted by Gasteiger charge is -2.32. The largest absolute Gasteiger partial charge is 0.486 e. The van der Waals surface area contributed by atoms with Gasteiger partial charge in [-0.2, -0.15) is 0 Å². The molecule has 28 heavy (non-hydrogen) atoms. The monoisotopic (exact) mass is 396 g/mol. The number of aryl methyl sites for hydroxylation is 2. The molecule has 1 heterocycles. The third kappa shape index (κ3) is 4.58. The van der Waals surface area contributed by atoms with Crippen LogP contribution in [0.15, 0.2) is 42.5 Å². The van der Waals surface area contributed by atoms with Gasteiger partial charge in [0.2, 0.25) is 0 Å². The van der Waals surface area contributed by atoms with Gasteiger partial charge in [0.1, 0.15) is 13.2 Å². The highest BCUT2D eigenvalue weighted by atomic mass is 32.1. The van der Waals surface area contributed by atoms with E-state index in [0.717, 1.165) is 30.0 Å². The molecule has 2 aromatic carbocycles. The molecule has 0 atom stereocenters. The second-order valence-electron chi connectivity index (χ2n) is 7.91. The molecule has 0 amide bonds. The molecule has 5 heteroatoms. The first-order valence-corrected chi connectivity index (χ1v) is 10.6. The van der Waals surface area contributed by atoms with E-state index < -0.39 is 0 Å². The minimum atomic E-state index is 0.0850. The van der Waals surface area contributed by atoms with Crippen molar-refractivity contribution in [3.05, 3.63) is 53.6 Å². The lowest BCUT2D eigenvalue weighted by molar-refractivity contribution is 0.171. The minimum absolute atomic E-state index is 0.0850. The maximum Gasteiger partial charge on any atom is 0.171 e. The molecule has 4 rings (SSSR count). The van der Waals surface area contributed by atoms with Crippen molar-refractivity contribution < 1.29 is 9.47 Å². The topological polar surface area (TPSA) is 42.5 Å². The molecule has 0 spiro atoms. The number of rotatable bonds is 5. The van der Waals surface area contributed by atoms with Crippen LogP contribution in [0.2, 0.25) is 0 Å². The minimum Gasteiger partial charge on any atom is -0.486 e. The molecule has 1 fully saturated rings. The van der Waals surface area contributed by atoms with Crippen molar-refractivity contribution in [3.8, 4) is 11.5 Å². The van der Waals surface area contributed by atoms with Gasteiger partial charge >= 0.3 is 0 Å². The van der Waals surface area contributed by atoms with Crippen LogP contribution in [0.1, 0.15) is 43.2 Å². The van der Waals surface area contributed by atoms with Crippen LogP contribution in [0, 0.1) is 6.92 Å². The SMILES string of the molecule is Cc1cccc(CCC2(NC(=S)Nc3ccc4c(c3)OCCO4)CCCC2)c1. The van der Waals surface area contributed by atoms with Crippen LogP contribution in [0.4, 0.5) is 5.69 Å². The Balaban J connectivity index is 1.39. The van der Waals surface area contributed by atoms with Gasteiger partial charge in [0, 0.05) is 17.3 Å². The predicted octanol–water partition coefficient (Wildman–Crippen LogP) is 5.00. The maximum atomic E-state index is 5.67. The molecule has 2 aliphatic rings. The Kier molecular flexibility index (Phi) is 5.72. The van der Waals surface area contributed by atoms with Gasteiger partial charge in [-0.1, -0.05) is 42.7 Å². The van der Waals surface area contributed by atoms with Crippen LogP contribution in [0.3, 0.4) is 0 Å². The number of anilines is 1. The number of hydrogen-bond acceptors (Lipinski definition) is 3. The number of nitrogens with one attached hydrogen (secondary N) is 2. The van der Waals surface area contributed by atoms with E-state index in [1.165, 1.54) is 36.8 Å². The van der Waals surface area contributed by atoms with Gasteiger partial charge in [0.25, 0.3) is 0 Å². The van der Waals surface area contributed by atoms with Crippen molar-refractivity contribution in [2.24, 2.45) is 0 Å². The lowest BCUT2D eigenvalue weighted by atomic mass is 9.89. The van der Waals surface area contributed by atoms with Crippen LogP contribution in [0.5, 0.6) is 11.5 Å². The molecule has 1 aliphatic heterocycles. The van der Waals surface area contributed by atoms with Crippen molar-refractivity contribution in [2.45, 2.75) is 51.0 Å². The number of benzene rings is 2. The van der Waals surface area contributed by atoms with E-state index in [0.29, 0.717) is 18.3 Å². The molecule has 0 unspecified atom stereocenters. The maximum absolute atomic E-state index is 5.67. The molecular formula is C23H28N2O2S. The van der Waals surface area contributed by atoms with Gasteiger partial charge in [0.15, 0.2) is 16.6 Å². The lowest BCUT2D eigenvalue weighted by Crippen LogP contribution is -2.48. The number of thiocarbonyl (C=S) groups is 1. The highest BCUT2D eigenvalue weighted by molar-refractivity contribution is 7.80. The molecule has 0 aromatic heterocycles. The van der Waals surface area contributed by atoms with Gasteiger partial charge in [-0.25, -0.2) is 0 Å². The molecular weight excluding hydrogens is 368 g/mol. The van der Waals surface area contributed by atoms with Crippen LogP contribution < -0.4 is 20.1 Å². The average Bonchev–Trinajstić information content (AvgIpc) is 3.15. The fourth-order valence-electron chi connectivity index (χ4n) is 4.26. The average molecular weight is 397 g/mol. The zero-order valence-electron chi connectivity index (χ0n) is 16.4. The van der Waals surface area contributed by atoms with Gasteiger partial charge in [-0.15, -0.1) is 0 Å². The summed E-state index contributed by atoms with van der Waals surface area (Å²) in [4.78, 5) is 0. The van der Waals surface area contributed by atoms with Crippen molar-refractivity contribution in [3.63, 3.8) is 0 Å². The number of ether oxygens (including phenoxy) is 2. The molecule has 148 valence electrons. The Bertz CT molecular complexity index is 846. The predicted molar refractivity (Wildman–Crippen MR) is 117 cm³/mol. The zero-order chi connectivity index (χ0) is 19.4. The molecule has 2 N–H and O–H groups in total. The first kappa shape index (κ1) is 19.1. The van der Waals surface area contributed by atoms with E-state index in [4.69, 9.17) is 21.7 Å². The van der Waals surface area contributed by atoms with E-state index in [1.54, 1.807) is 0 Å². The van der Waals surface area contributed by atoms with Gasteiger partial charge in [-0.05, 0) is 62.5 Å². The van der Waals surface area contributed by atoms with Crippen LogP contribution in [-0.4, -0.2) is 23.9 Å². The van der Waals surface area contributed by atoms with Crippen LogP contribution in [0.25, 0.3) is 0 Å². The van der Waals surface area contributed by atoms with Crippen molar-refractivity contribution >= 4 is 23.0 Å². The van der Waals surface area contributed by atoms with E-state index >= 15 is 0 Å². The fraction of sp³-hybridized carbons (Fsp3) is 0.435. The summed E-state index contributed by atoms with van der Waals surface area (Å²) in [5, 5.41) is 7.67. The molecule has 4 nitrogen and oxygen atoms in total. The zero-order valence-corrected chi connectivity index (χ0v) is 17.2. The Morgan fingerprint density at radius 1 is 1.04 bits per heavy atom. The van der Waals surface area contributed by atoms with E-state index in [1.807, 2.05) is 18.2 Å². The molecule has 0 bridgehead atoms. The van der Waals surface area contributed by atoms with Crippen LogP contribution >= 0.6 is 12.2 Å². The summed E-state index contributed by atoms with van der Waals surface area (Å²) in [6, 6.07) is 14.7. The van der Waals surface area contributed by atoms with Crippen molar-refractivity contribution in [1.82, 2.24) is 5.32 Å². The Labute approximate surface area is 172 Å². The summed E-state index contributed by atoms with van der Waals surface area (Å²) >= 11 is 5.66. The van der Waals surface area contributed by atoms with Crippen molar-refractivity contribution in [2.75, 3.05) is 18.5 Å². The molecule has 1 aliphatic carbocycles. The standard InChI is InChI=1S/C23H28N2O2S/c1-17-5-4-6-18(15-17)9-12-23(10-2-3-11-23)25-22(28)24-19-7-8-20-21(16-19)27-14-13-26-20/h4-8,15-16H,2-3,9-14H2,1H3,(H2,24,25,28). The Morgan fingerprint density at radius 3 is 2.61 bits per heavy atom. The van der Waals surface area contributed by atoms with E-state index in [-0.39, 0.29) is 5.54 Å². The van der Waals surface area contributed by atoms with Gasteiger partial charge in [-0.3, -0.25) is 0 Å². The Morgan fingerprint density at radius 2 is 1.82 bits per heavy atom. The summed E-state index contributed by atoms with van der Waals surface area (Å²) in [6.07, 6.45) is 7.02. The third-order valence-corrected chi connectivity index (χ3v) is 5.92. The number of fused-ring (bicyclic) bond motifs is 1. The van der Waals surface area contributed by atoms with E-state index in [9.17, 15) is 0 Å². The summed E-state index contributed by atoms with van der Waals surface area (Å²) in [5.41, 5.74) is 3.73. The van der Waals surface area contributed by atoms with Gasteiger partial charge < -0.3 is 20.1 Å². The van der Waals surface area contributed by atoms with Crippen molar-refractivity contribution in [1.29, 1.82) is 0 Å². The second-order valence-corrected chi connectivity index (χ2v) is 8.32. The third-order valence-electron chi connectivity index (χ3n) is 5.71.